The largest absolute Gasteiger partial charge is 0.379 e. The molecular formula is C20H23N7O2. The van der Waals surface area contributed by atoms with Gasteiger partial charge in [-0.05, 0) is 28.1 Å². The van der Waals surface area contributed by atoms with Crippen molar-refractivity contribution in [3.63, 3.8) is 0 Å². The molecule has 150 valence electrons. The number of amides is 1. The van der Waals surface area contributed by atoms with Crippen LogP contribution in [0.25, 0.3) is 0 Å². The maximum Gasteiger partial charge on any atom is 0.242 e. The van der Waals surface area contributed by atoms with E-state index < -0.39 is 0 Å². The first-order chi connectivity index (χ1) is 14.3. The minimum atomic E-state index is -0.169. The van der Waals surface area contributed by atoms with Crippen LogP contribution in [0.15, 0.2) is 54.7 Å². The third-order valence-electron chi connectivity index (χ3n) is 4.82. The molecule has 3 aromatic rings. The lowest BCUT2D eigenvalue weighted by Crippen LogP contribution is -2.41. The first-order valence-electron chi connectivity index (χ1n) is 9.60. The average molecular weight is 393 g/mol. The van der Waals surface area contributed by atoms with Crippen molar-refractivity contribution in [3.8, 4) is 0 Å². The second kappa shape index (κ2) is 9.35. The standard InChI is InChI=1S/C20H23N7O2/c28-18(22-14-17-8-4-5-9-21-17)15-27-20(23-24-25-27)19(16-6-2-1-3-7-16)26-10-12-29-13-11-26/h1-9,19H,10-15H2,(H,22,28). The summed E-state index contributed by atoms with van der Waals surface area (Å²) >= 11 is 0. The van der Waals surface area contributed by atoms with Gasteiger partial charge in [0.05, 0.1) is 31.5 Å². The summed E-state index contributed by atoms with van der Waals surface area (Å²) in [6, 6.07) is 15.5. The Morgan fingerprint density at radius 3 is 2.66 bits per heavy atom. The Hall–Kier alpha value is -3.17. The Bertz CT molecular complexity index is 911. The normalized spacial score (nSPS) is 15.7. The van der Waals surface area contributed by atoms with E-state index >= 15 is 0 Å². The molecule has 1 saturated heterocycles. The molecule has 1 unspecified atom stereocenters. The molecule has 0 spiro atoms. The maximum absolute atomic E-state index is 12.5. The zero-order chi connectivity index (χ0) is 19.9. The van der Waals surface area contributed by atoms with E-state index in [1.54, 1.807) is 10.9 Å². The van der Waals surface area contributed by atoms with Gasteiger partial charge >= 0.3 is 0 Å². The van der Waals surface area contributed by atoms with E-state index in [2.05, 4.69) is 42.9 Å². The lowest BCUT2D eigenvalue weighted by molar-refractivity contribution is -0.122. The van der Waals surface area contributed by atoms with Gasteiger partial charge in [0.1, 0.15) is 6.54 Å². The van der Waals surface area contributed by atoms with Crippen LogP contribution in [0, 0.1) is 0 Å². The van der Waals surface area contributed by atoms with Crippen molar-refractivity contribution in [1.82, 2.24) is 35.4 Å². The molecule has 0 bridgehead atoms. The molecule has 9 nitrogen and oxygen atoms in total. The first-order valence-corrected chi connectivity index (χ1v) is 9.60. The van der Waals surface area contributed by atoms with Gasteiger partial charge in [0.25, 0.3) is 0 Å². The van der Waals surface area contributed by atoms with Gasteiger partial charge < -0.3 is 10.1 Å². The predicted octanol–water partition coefficient (Wildman–Crippen LogP) is 0.806. The van der Waals surface area contributed by atoms with E-state index in [9.17, 15) is 4.79 Å². The summed E-state index contributed by atoms with van der Waals surface area (Å²) in [4.78, 5) is 19.0. The van der Waals surface area contributed by atoms with E-state index in [-0.39, 0.29) is 18.5 Å². The summed E-state index contributed by atoms with van der Waals surface area (Å²) in [5, 5.41) is 15.1. The molecule has 1 fully saturated rings. The molecule has 0 radical (unpaired) electrons. The Morgan fingerprint density at radius 1 is 1.10 bits per heavy atom. The number of aromatic nitrogens is 5. The summed E-state index contributed by atoms with van der Waals surface area (Å²) in [5.74, 6) is 0.476. The molecule has 0 saturated carbocycles. The summed E-state index contributed by atoms with van der Waals surface area (Å²) < 4.78 is 7.07. The van der Waals surface area contributed by atoms with Crippen molar-refractivity contribution < 1.29 is 9.53 Å². The third-order valence-corrected chi connectivity index (χ3v) is 4.82. The highest BCUT2D eigenvalue weighted by Gasteiger charge is 2.29. The highest BCUT2D eigenvalue weighted by molar-refractivity contribution is 5.75. The highest BCUT2D eigenvalue weighted by atomic mass is 16.5. The van der Waals surface area contributed by atoms with Crippen LogP contribution >= 0.6 is 0 Å². The van der Waals surface area contributed by atoms with E-state index in [1.165, 1.54) is 0 Å². The van der Waals surface area contributed by atoms with Gasteiger partial charge in [0, 0.05) is 19.3 Å². The van der Waals surface area contributed by atoms with Crippen LogP contribution in [0.3, 0.4) is 0 Å². The SMILES string of the molecule is O=C(Cn1nnnc1C(c1ccccc1)N1CCOCC1)NCc1ccccn1. The van der Waals surface area contributed by atoms with Crippen molar-refractivity contribution in [2.24, 2.45) is 0 Å². The molecule has 4 rings (SSSR count). The van der Waals surface area contributed by atoms with Gasteiger partial charge in [-0.2, -0.15) is 0 Å². The second-order valence-corrected chi connectivity index (χ2v) is 6.75. The van der Waals surface area contributed by atoms with E-state index in [4.69, 9.17) is 4.74 Å². The smallest absolute Gasteiger partial charge is 0.242 e. The Kier molecular flexibility index (Phi) is 6.18. The van der Waals surface area contributed by atoms with Crippen LogP contribution in [0.4, 0.5) is 0 Å². The zero-order valence-electron chi connectivity index (χ0n) is 16.0. The van der Waals surface area contributed by atoms with Gasteiger partial charge in [-0.1, -0.05) is 36.4 Å². The topological polar surface area (TPSA) is 98.1 Å². The molecule has 3 heterocycles. The molecular weight excluding hydrogens is 370 g/mol. The van der Waals surface area contributed by atoms with Gasteiger partial charge in [0.15, 0.2) is 5.82 Å². The fourth-order valence-electron chi connectivity index (χ4n) is 3.40. The second-order valence-electron chi connectivity index (χ2n) is 6.75. The number of carbonyl (C=O) groups excluding carboxylic acids is 1. The predicted molar refractivity (Wildman–Crippen MR) is 105 cm³/mol. The van der Waals surface area contributed by atoms with Crippen molar-refractivity contribution in [1.29, 1.82) is 0 Å². The molecule has 2 aromatic heterocycles. The Morgan fingerprint density at radius 2 is 1.90 bits per heavy atom. The zero-order valence-corrected chi connectivity index (χ0v) is 16.0. The van der Waals surface area contributed by atoms with Crippen LogP contribution in [-0.4, -0.2) is 62.3 Å². The summed E-state index contributed by atoms with van der Waals surface area (Å²) in [5.41, 5.74) is 1.88. The molecule has 1 aromatic carbocycles. The third kappa shape index (κ3) is 4.82. The number of tetrazole rings is 1. The maximum atomic E-state index is 12.5. The quantitative estimate of drug-likeness (QED) is 0.634. The number of rotatable bonds is 7. The van der Waals surface area contributed by atoms with E-state index in [0.29, 0.717) is 25.6 Å². The minimum Gasteiger partial charge on any atom is -0.379 e. The van der Waals surface area contributed by atoms with Gasteiger partial charge in [0.2, 0.25) is 5.91 Å². The molecule has 1 aliphatic heterocycles. The fourth-order valence-corrected chi connectivity index (χ4v) is 3.40. The highest BCUT2D eigenvalue weighted by Crippen LogP contribution is 2.27. The van der Waals surface area contributed by atoms with Crippen LogP contribution in [0.2, 0.25) is 0 Å². The molecule has 1 amide bonds. The number of pyridine rings is 1. The number of ether oxygens (including phenoxy) is 1. The number of nitrogens with zero attached hydrogens (tertiary/aromatic N) is 6. The number of morpholine rings is 1. The molecule has 29 heavy (non-hydrogen) atoms. The average Bonchev–Trinajstić information content (AvgIpc) is 3.22. The summed E-state index contributed by atoms with van der Waals surface area (Å²) in [6.45, 7) is 3.28. The van der Waals surface area contributed by atoms with E-state index in [0.717, 1.165) is 24.3 Å². The fraction of sp³-hybridized carbons (Fsp3) is 0.350. The van der Waals surface area contributed by atoms with Crippen molar-refractivity contribution in [2.75, 3.05) is 26.3 Å². The molecule has 1 N–H and O–H groups in total. The Balaban J connectivity index is 1.51. The van der Waals surface area contributed by atoms with Crippen molar-refractivity contribution >= 4 is 5.91 Å². The molecule has 1 aliphatic rings. The van der Waals surface area contributed by atoms with Crippen LogP contribution in [-0.2, 0) is 22.6 Å². The van der Waals surface area contributed by atoms with Crippen molar-refractivity contribution in [3.05, 3.63) is 71.8 Å². The minimum absolute atomic E-state index is 0.0445. The van der Waals surface area contributed by atoms with Gasteiger partial charge in [-0.25, -0.2) is 4.68 Å². The number of benzene rings is 1. The summed E-state index contributed by atoms with van der Waals surface area (Å²) in [7, 11) is 0. The van der Waals surface area contributed by atoms with Gasteiger partial charge in [-0.15, -0.1) is 5.10 Å². The van der Waals surface area contributed by atoms with Crippen LogP contribution in [0.1, 0.15) is 23.1 Å². The number of hydrogen-bond acceptors (Lipinski definition) is 7. The van der Waals surface area contributed by atoms with Crippen molar-refractivity contribution in [2.45, 2.75) is 19.1 Å². The lowest BCUT2D eigenvalue weighted by Gasteiger charge is -2.33. The number of hydrogen-bond donors (Lipinski definition) is 1. The summed E-state index contributed by atoms with van der Waals surface area (Å²) in [6.07, 6.45) is 1.70. The number of nitrogens with one attached hydrogen (secondary N) is 1. The van der Waals surface area contributed by atoms with Crippen LogP contribution in [0.5, 0.6) is 0 Å². The van der Waals surface area contributed by atoms with Gasteiger partial charge in [-0.3, -0.25) is 14.7 Å². The first kappa shape index (κ1) is 19.2. The number of carbonyl (C=O) groups is 1. The Labute approximate surface area is 168 Å². The molecule has 1 atom stereocenters. The van der Waals surface area contributed by atoms with Crippen LogP contribution < -0.4 is 5.32 Å². The molecule has 9 heteroatoms. The molecule has 0 aliphatic carbocycles. The lowest BCUT2D eigenvalue weighted by atomic mass is 10.0. The monoisotopic (exact) mass is 393 g/mol. The van der Waals surface area contributed by atoms with E-state index in [1.807, 2.05) is 36.4 Å².